The molecule has 0 aromatic heterocycles. The first-order valence-electron chi connectivity index (χ1n) is 8.21. The maximum Gasteiger partial charge on any atom is 0.220 e. The second-order valence-corrected chi connectivity index (χ2v) is 5.61. The maximum atomic E-state index is 11.5. The highest BCUT2D eigenvalue weighted by Crippen LogP contribution is 2.10. The molecule has 1 amide bonds. The Kier molecular flexibility index (Phi) is 16.5. The fourth-order valence-electron chi connectivity index (χ4n) is 2.10. The van der Waals surface area contributed by atoms with Gasteiger partial charge in [0.15, 0.2) is 0 Å². The number of carbonyl (C=O) groups is 1. The molecule has 0 saturated heterocycles. The molecule has 0 spiro atoms. The highest BCUT2D eigenvalue weighted by Gasteiger charge is 2.00. The number of amides is 1. The van der Waals surface area contributed by atoms with Gasteiger partial charge in [0.25, 0.3) is 0 Å². The molecule has 0 rings (SSSR count). The number of hydrogen-bond donors (Lipinski definition) is 1. The van der Waals surface area contributed by atoms with E-state index in [1.165, 1.54) is 51.4 Å². The number of ether oxygens (including phenoxy) is 1. The Morgan fingerprint density at radius 2 is 1.55 bits per heavy atom. The van der Waals surface area contributed by atoms with Gasteiger partial charge >= 0.3 is 0 Å². The summed E-state index contributed by atoms with van der Waals surface area (Å²) in [7, 11) is 0. The molecule has 20 heavy (non-hydrogen) atoms. The second kappa shape index (κ2) is 16.8. The van der Waals surface area contributed by atoms with Crippen LogP contribution < -0.4 is 5.32 Å². The molecule has 0 saturated carbocycles. The second-order valence-electron chi connectivity index (χ2n) is 5.23. The summed E-state index contributed by atoms with van der Waals surface area (Å²) in [6.45, 7) is 3.94. The first-order valence-corrected chi connectivity index (χ1v) is 8.75. The molecule has 0 fully saturated rings. The smallest absolute Gasteiger partial charge is 0.220 e. The minimum atomic E-state index is 0.141. The predicted octanol–water partition coefficient (Wildman–Crippen LogP) is 4.28. The van der Waals surface area contributed by atoms with Gasteiger partial charge in [0, 0.05) is 18.8 Å². The van der Waals surface area contributed by atoms with E-state index in [1.807, 2.05) is 0 Å². The molecular weight excluding hydrogens is 274 g/mol. The van der Waals surface area contributed by atoms with Crippen LogP contribution in [0.15, 0.2) is 0 Å². The largest absolute Gasteiger partial charge is 0.378 e. The maximum absolute atomic E-state index is 11.5. The van der Waals surface area contributed by atoms with Gasteiger partial charge in [-0.15, -0.1) is 11.6 Å². The number of nitrogens with one attached hydrogen (secondary N) is 1. The summed E-state index contributed by atoms with van der Waals surface area (Å²) < 4.78 is 5.18. The SMILES string of the molecule is CCCCCCCCCCCC(=O)NCCOCCCl. The first kappa shape index (κ1) is 19.7. The van der Waals surface area contributed by atoms with Crippen molar-refractivity contribution >= 4 is 17.5 Å². The first-order chi connectivity index (χ1) is 9.81. The molecule has 0 aromatic rings. The van der Waals surface area contributed by atoms with Crippen LogP contribution in [0.3, 0.4) is 0 Å². The Hall–Kier alpha value is -0.280. The van der Waals surface area contributed by atoms with E-state index >= 15 is 0 Å². The lowest BCUT2D eigenvalue weighted by atomic mass is 10.1. The van der Waals surface area contributed by atoms with Gasteiger partial charge in [-0.05, 0) is 6.42 Å². The highest BCUT2D eigenvalue weighted by atomic mass is 35.5. The van der Waals surface area contributed by atoms with Crippen molar-refractivity contribution in [3.63, 3.8) is 0 Å². The van der Waals surface area contributed by atoms with Crippen molar-refractivity contribution in [2.45, 2.75) is 71.1 Å². The topological polar surface area (TPSA) is 38.3 Å². The van der Waals surface area contributed by atoms with Crippen LogP contribution in [0.5, 0.6) is 0 Å². The fraction of sp³-hybridized carbons (Fsp3) is 0.938. The molecule has 120 valence electrons. The lowest BCUT2D eigenvalue weighted by molar-refractivity contribution is -0.121. The summed E-state index contributed by atoms with van der Waals surface area (Å²) in [4.78, 5) is 11.5. The normalized spacial score (nSPS) is 10.7. The van der Waals surface area contributed by atoms with Crippen molar-refractivity contribution in [1.82, 2.24) is 5.32 Å². The van der Waals surface area contributed by atoms with Crippen LogP contribution in [-0.2, 0) is 9.53 Å². The van der Waals surface area contributed by atoms with Crippen LogP contribution in [-0.4, -0.2) is 31.5 Å². The number of carbonyl (C=O) groups excluding carboxylic acids is 1. The zero-order valence-electron chi connectivity index (χ0n) is 13.1. The standard InChI is InChI=1S/C16H32ClNO2/c1-2-3-4-5-6-7-8-9-10-11-16(19)18-13-15-20-14-12-17/h2-15H2,1H3,(H,18,19). The Balaban J connectivity index is 3.11. The average Bonchev–Trinajstić information content (AvgIpc) is 2.45. The molecule has 0 heterocycles. The molecule has 0 aliphatic rings. The van der Waals surface area contributed by atoms with E-state index in [0.29, 0.717) is 32.1 Å². The van der Waals surface area contributed by atoms with Crippen LogP contribution >= 0.6 is 11.6 Å². The summed E-state index contributed by atoms with van der Waals surface area (Å²) in [5, 5.41) is 2.86. The van der Waals surface area contributed by atoms with Crippen molar-refractivity contribution < 1.29 is 9.53 Å². The van der Waals surface area contributed by atoms with Crippen molar-refractivity contribution in [3.05, 3.63) is 0 Å². The summed E-state index contributed by atoms with van der Waals surface area (Å²) in [5.41, 5.74) is 0. The van der Waals surface area contributed by atoms with Crippen LogP contribution in [0, 0.1) is 0 Å². The van der Waals surface area contributed by atoms with Gasteiger partial charge in [-0.1, -0.05) is 58.3 Å². The van der Waals surface area contributed by atoms with Gasteiger partial charge in [0.2, 0.25) is 5.91 Å². The Morgan fingerprint density at radius 1 is 0.950 bits per heavy atom. The molecule has 0 unspecified atom stereocenters. The van der Waals surface area contributed by atoms with E-state index in [0.717, 1.165) is 6.42 Å². The number of halogens is 1. The van der Waals surface area contributed by atoms with Gasteiger partial charge in [-0.2, -0.15) is 0 Å². The third kappa shape index (κ3) is 15.8. The van der Waals surface area contributed by atoms with Crippen LogP contribution in [0.1, 0.15) is 71.1 Å². The quantitative estimate of drug-likeness (QED) is 0.362. The van der Waals surface area contributed by atoms with E-state index in [-0.39, 0.29) is 5.91 Å². The summed E-state index contributed by atoms with van der Waals surface area (Å²) >= 11 is 5.48. The number of unbranched alkanes of at least 4 members (excludes halogenated alkanes) is 8. The molecule has 0 aliphatic heterocycles. The molecule has 0 atom stereocenters. The molecule has 0 aromatic carbocycles. The molecular formula is C16H32ClNO2. The summed E-state index contributed by atoms with van der Waals surface area (Å²) in [6.07, 6.45) is 12.2. The number of hydrogen-bond acceptors (Lipinski definition) is 2. The van der Waals surface area contributed by atoms with Crippen molar-refractivity contribution in [2.24, 2.45) is 0 Å². The van der Waals surface area contributed by atoms with E-state index < -0.39 is 0 Å². The molecule has 0 bridgehead atoms. The fourth-order valence-corrected chi connectivity index (χ4v) is 2.21. The number of alkyl halides is 1. The van der Waals surface area contributed by atoms with E-state index in [4.69, 9.17) is 16.3 Å². The van der Waals surface area contributed by atoms with Gasteiger partial charge < -0.3 is 10.1 Å². The summed E-state index contributed by atoms with van der Waals surface area (Å²) in [6, 6.07) is 0. The van der Waals surface area contributed by atoms with E-state index in [2.05, 4.69) is 12.2 Å². The number of rotatable bonds is 15. The third-order valence-electron chi connectivity index (χ3n) is 3.30. The van der Waals surface area contributed by atoms with Crippen molar-refractivity contribution in [1.29, 1.82) is 0 Å². The van der Waals surface area contributed by atoms with Crippen molar-refractivity contribution in [3.8, 4) is 0 Å². The van der Waals surface area contributed by atoms with Gasteiger partial charge in [0.1, 0.15) is 0 Å². The van der Waals surface area contributed by atoms with E-state index in [1.54, 1.807) is 0 Å². The molecule has 0 aliphatic carbocycles. The van der Waals surface area contributed by atoms with Crippen molar-refractivity contribution in [2.75, 3.05) is 25.6 Å². The van der Waals surface area contributed by atoms with E-state index in [9.17, 15) is 4.79 Å². The predicted molar refractivity (Wildman–Crippen MR) is 86.4 cm³/mol. The minimum absolute atomic E-state index is 0.141. The Morgan fingerprint density at radius 3 is 2.15 bits per heavy atom. The molecule has 0 radical (unpaired) electrons. The average molecular weight is 306 g/mol. The van der Waals surface area contributed by atoms with Crippen LogP contribution in [0.2, 0.25) is 0 Å². The molecule has 4 heteroatoms. The zero-order chi connectivity index (χ0) is 14.9. The summed E-state index contributed by atoms with van der Waals surface area (Å²) in [5.74, 6) is 0.647. The Bertz CT molecular complexity index is 213. The lowest BCUT2D eigenvalue weighted by Crippen LogP contribution is -2.27. The lowest BCUT2D eigenvalue weighted by Gasteiger charge is -2.05. The van der Waals surface area contributed by atoms with Gasteiger partial charge in [-0.3, -0.25) is 4.79 Å². The monoisotopic (exact) mass is 305 g/mol. The minimum Gasteiger partial charge on any atom is -0.378 e. The molecule has 1 N–H and O–H groups in total. The molecule has 3 nitrogen and oxygen atoms in total. The van der Waals surface area contributed by atoms with Gasteiger partial charge in [-0.25, -0.2) is 0 Å². The third-order valence-corrected chi connectivity index (χ3v) is 3.45. The highest BCUT2D eigenvalue weighted by molar-refractivity contribution is 6.17. The van der Waals surface area contributed by atoms with Crippen LogP contribution in [0.4, 0.5) is 0 Å². The Labute approximate surface area is 129 Å². The zero-order valence-corrected chi connectivity index (χ0v) is 13.8. The van der Waals surface area contributed by atoms with Crippen LogP contribution in [0.25, 0.3) is 0 Å². The van der Waals surface area contributed by atoms with Gasteiger partial charge in [0.05, 0.1) is 13.2 Å².